The molecule has 100 valence electrons. The highest BCUT2D eigenvalue weighted by Crippen LogP contribution is 2.22. The summed E-state index contributed by atoms with van der Waals surface area (Å²) in [6.07, 6.45) is 0.532. The largest absolute Gasteiger partial charge is 0.441 e. The Morgan fingerprint density at radius 1 is 1.53 bits per heavy atom. The van der Waals surface area contributed by atoms with Crippen LogP contribution in [0.15, 0.2) is 22.6 Å². The molecule has 19 heavy (non-hydrogen) atoms. The van der Waals surface area contributed by atoms with Crippen molar-refractivity contribution in [2.45, 2.75) is 18.9 Å². The van der Waals surface area contributed by atoms with Gasteiger partial charge >= 0.3 is 0 Å². The number of benzene rings is 1. The molecule has 1 amide bonds. The van der Waals surface area contributed by atoms with Crippen LogP contribution in [0.4, 0.5) is 5.69 Å². The van der Waals surface area contributed by atoms with Crippen LogP contribution in [0.5, 0.6) is 0 Å². The maximum atomic E-state index is 12.1. The first-order valence-corrected chi connectivity index (χ1v) is 6.12. The fourth-order valence-corrected chi connectivity index (χ4v) is 2.14. The molecule has 1 aromatic carbocycles. The number of nitrogens with two attached hydrogens (primary N) is 1. The first-order valence-electron chi connectivity index (χ1n) is 6.12. The van der Waals surface area contributed by atoms with E-state index in [1.54, 1.807) is 25.1 Å². The molecule has 2 aromatic rings. The van der Waals surface area contributed by atoms with Gasteiger partial charge in [-0.15, -0.1) is 0 Å². The molecule has 6 heteroatoms. The van der Waals surface area contributed by atoms with Gasteiger partial charge in [0.2, 0.25) is 5.91 Å². The average molecular weight is 261 g/mol. The molecule has 3 rings (SSSR count). The van der Waals surface area contributed by atoms with E-state index in [9.17, 15) is 4.79 Å². The monoisotopic (exact) mass is 261 g/mol. The van der Waals surface area contributed by atoms with Crippen LogP contribution < -0.4 is 11.1 Å². The quantitative estimate of drug-likeness (QED) is 0.847. The topological polar surface area (TPSA) is 90.4 Å². The van der Waals surface area contributed by atoms with Gasteiger partial charge in [-0.25, -0.2) is 4.98 Å². The molecule has 3 N–H and O–H groups in total. The van der Waals surface area contributed by atoms with Gasteiger partial charge in [-0.2, -0.15) is 0 Å². The Kier molecular flexibility index (Phi) is 2.76. The lowest BCUT2D eigenvalue weighted by Gasteiger charge is -2.20. The van der Waals surface area contributed by atoms with Crippen molar-refractivity contribution in [1.29, 1.82) is 0 Å². The molecule has 1 saturated heterocycles. The van der Waals surface area contributed by atoms with Crippen molar-refractivity contribution in [3.05, 3.63) is 24.1 Å². The second kappa shape index (κ2) is 4.32. The second-order valence-corrected chi connectivity index (χ2v) is 4.83. The Balaban J connectivity index is 1.82. The van der Waals surface area contributed by atoms with E-state index in [-0.39, 0.29) is 12.5 Å². The van der Waals surface area contributed by atoms with Crippen LogP contribution in [0.2, 0.25) is 0 Å². The van der Waals surface area contributed by atoms with E-state index in [1.807, 2.05) is 0 Å². The summed E-state index contributed by atoms with van der Waals surface area (Å²) in [7, 11) is 0. The molecule has 0 aliphatic carbocycles. The third kappa shape index (κ3) is 2.20. The van der Waals surface area contributed by atoms with Crippen LogP contribution in [-0.4, -0.2) is 29.6 Å². The lowest BCUT2D eigenvalue weighted by atomic mass is 9.99. The van der Waals surface area contributed by atoms with Crippen molar-refractivity contribution in [3.63, 3.8) is 0 Å². The van der Waals surface area contributed by atoms with Gasteiger partial charge in [0.05, 0.1) is 6.61 Å². The van der Waals surface area contributed by atoms with Gasteiger partial charge < -0.3 is 20.2 Å². The van der Waals surface area contributed by atoms with E-state index < -0.39 is 5.54 Å². The van der Waals surface area contributed by atoms with Crippen LogP contribution in [0, 0.1) is 6.92 Å². The minimum atomic E-state index is -0.936. The lowest BCUT2D eigenvalue weighted by molar-refractivity contribution is -0.121. The number of amides is 1. The standard InChI is InChI=1S/C13H15N3O3/c1-8-15-10-6-9(2-3-11(10)19-8)16-12(17)13(14)4-5-18-7-13/h2-3,6H,4-5,7,14H2,1H3,(H,16,17). The minimum absolute atomic E-state index is 0.232. The predicted molar refractivity (Wildman–Crippen MR) is 69.7 cm³/mol. The molecular formula is C13H15N3O3. The van der Waals surface area contributed by atoms with Crippen molar-refractivity contribution in [2.75, 3.05) is 18.5 Å². The number of aryl methyl sites for hydroxylation is 1. The number of rotatable bonds is 2. The van der Waals surface area contributed by atoms with Gasteiger partial charge in [0.15, 0.2) is 11.5 Å². The molecule has 1 aliphatic rings. The third-order valence-corrected chi connectivity index (χ3v) is 3.26. The Morgan fingerprint density at radius 2 is 2.37 bits per heavy atom. The zero-order valence-corrected chi connectivity index (χ0v) is 10.6. The number of hydrogen-bond donors (Lipinski definition) is 2. The summed E-state index contributed by atoms with van der Waals surface area (Å²) in [6, 6.07) is 5.31. The summed E-state index contributed by atoms with van der Waals surface area (Å²) in [5, 5.41) is 2.80. The summed E-state index contributed by atoms with van der Waals surface area (Å²) in [5.74, 6) is 0.363. The number of hydrogen-bond acceptors (Lipinski definition) is 5. The molecule has 0 spiro atoms. The Morgan fingerprint density at radius 3 is 3.11 bits per heavy atom. The molecule has 1 atom stereocenters. The highest BCUT2D eigenvalue weighted by Gasteiger charge is 2.38. The number of carbonyl (C=O) groups excluding carboxylic acids is 1. The van der Waals surface area contributed by atoms with Crippen molar-refractivity contribution in [1.82, 2.24) is 4.98 Å². The number of nitrogens with one attached hydrogen (secondary N) is 1. The van der Waals surface area contributed by atoms with Gasteiger partial charge in [0, 0.05) is 19.2 Å². The smallest absolute Gasteiger partial charge is 0.246 e. The Hall–Kier alpha value is -1.92. The van der Waals surface area contributed by atoms with Gasteiger partial charge in [-0.1, -0.05) is 0 Å². The first kappa shape index (κ1) is 12.1. The van der Waals surface area contributed by atoms with E-state index >= 15 is 0 Å². The highest BCUT2D eigenvalue weighted by atomic mass is 16.5. The molecular weight excluding hydrogens is 246 g/mol. The zero-order valence-electron chi connectivity index (χ0n) is 10.6. The second-order valence-electron chi connectivity index (χ2n) is 4.83. The van der Waals surface area contributed by atoms with E-state index in [0.29, 0.717) is 35.7 Å². The van der Waals surface area contributed by atoms with Crippen molar-refractivity contribution in [3.8, 4) is 0 Å². The molecule has 6 nitrogen and oxygen atoms in total. The Labute approximate surface area is 109 Å². The van der Waals surface area contributed by atoms with Crippen molar-refractivity contribution < 1.29 is 13.9 Å². The molecule has 0 saturated carbocycles. The summed E-state index contributed by atoms with van der Waals surface area (Å²) in [5.41, 5.74) is 7.12. The normalized spacial score (nSPS) is 22.8. The molecule has 1 unspecified atom stereocenters. The predicted octanol–water partition coefficient (Wildman–Crippen LogP) is 1.19. The van der Waals surface area contributed by atoms with E-state index in [2.05, 4.69) is 10.3 Å². The van der Waals surface area contributed by atoms with E-state index in [0.717, 1.165) is 0 Å². The molecule has 1 aliphatic heterocycles. The van der Waals surface area contributed by atoms with E-state index in [1.165, 1.54) is 0 Å². The molecule has 1 fully saturated rings. The average Bonchev–Trinajstić information content (AvgIpc) is 2.95. The number of ether oxygens (including phenoxy) is 1. The van der Waals surface area contributed by atoms with Crippen molar-refractivity contribution >= 4 is 22.7 Å². The molecule has 2 heterocycles. The van der Waals surface area contributed by atoms with Gasteiger partial charge in [-0.05, 0) is 24.6 Å². The summed E-state index contributed by atoms with van der Waals surface area (Å²) >= 11 is 0. The van der Waals surface area contributed by atoms with Crippen LogP contribution in [0.25, 0.3) is 11.1 Å². The number of fused-ring (bicyclic) bond motifs is 1. The van der Waals surface area contributed by atoms with Crippen LogP contribution in [0.3, 0.4) is 0 Å². The minimum Gasteiger partial charge on any atom is -0.441 e. The number of aromatic nitrogens is 1. The van der Waals surface area contributed by atoms with E-state index in [4.69, 9.17) is 14.9 Å². The van der Waals surface area contributed by atoms with Crippen LogP contribution in [0.1, 0.15) is 12.3 Å². The summed E-state index contributed by atoms with van der Waals surface area (Å²) in [6.45, 7) is 2.55. The number of nitrogens with zero attached hydrogens (tertiary/aromatic N) is 1. The molecule has 1 aromatic heterocycles. The maximum Gasteiger partial charge on any atom is 0.246 e. The number of anilines is 1. The van der Waals surface area contributed by atoms with Gasteiger partial charge in [-0.3, -0.25) is 4.79 Å². The maximum absolute atomic E-state index is 12.1. The SMILES string of the molecule is Cc1nc2cc(NC(=O)C3(N)CCOC3)ccc2o1. The lowest BCUT2D eigenvalue weighted by Crippen LogP contribution is -2.51. The Bertz CT molecular complexity index is 629. The fourth-order valence-electron chi connectivity index (χ4n) is 2.14. The molecule has 0 bridgehead atoms. The zero-order chi connectivity index (χ0) is 13.5. The number of carbonyl (C=O) groups is 1. The first-order chi connectivity index (χ1) is 9.07. The van der Waals surface area contributed by atoms with Crippen molar-refractivity contribution in [2.24, 2.45) is 5.73 Å². The summed E-state index contributed by atoms with van der Waals surface area (Å²) in [4.78, 5) is 16.3. The van der Waals surface area contributed by atoms with Crippen LogP contribution >= 0.6 is 0 Å². The van der Waals surface area contributed by atoms with Gasteiger partial charge in [0.1, 0.15) is 11.1 Å². The third-order valence-electron chi connectivity index (χ3n) is 3.26. The summed E-state index contributed by atoms with van der Waals surface area (Å²) < 4.78 is 10.6. The number of oxazole rings is 1. The van der Waals surface area contributed by atoms with Gasteiger partial charge in [0.25, 0.3) is 0 Å². The molecule has 0 radical (unpaired) electrons. The van der Waals surface area contributed by atoms with Crippen LogP contribution in [-0.2, 0) is 9.53 Å². The fraction of sp³-hybridized carbons (Fsp3) is 0.385. The highest BCUT2D eigenvalue weighted by molar-refractivity contribution is 5.99.